The summed E-state index contributed by atoms with van der Waals surface area (Å²) in [5, 5.41) is 10.2. The highest BCUT2D eigenvalue weighted by atomic mass is 35.5. The van der Waals surface area contributed by atoms with Crippen LogP contribution in [0.1, 0.15) is 41.6 Å². The second kappa shape index (κ2) is 8.28. The van der Waals surface area contributed by atoms with Gasteiger partial charge in [0, 0.05) is 36.1 Å². The number of halogens is 1. The number of carbonyl (C=O) groups excluding carboxylic acids is 1. The summed E-state index contributed by atoms with van der Waals surface area (Å²) in [7, 11) is 0. The third kappa shape index (κ3) is 3.66. The van der Waals surface area contributed by atoms with Crippen molar-refractivity contribution in [3.8, 4) is 0 Å². The number of carbonyl (C=O) groups is 2. The van der Waals surface area contributed by atoms with Gasteiger partial charge in [0.1, 0.15) is 0 Å². The number of nitrogens with two attached hydrogens (primary N) is 1. The van der Waals surface area contributed by atoms with Crippen LogP contribution in [0.15, 0.2) is 48.5 Å². The summed E-state index contributed by atoms with van der Waals surface area (Å²) >= 11 is 6.20. The molecular formula is C23H26ClN3O3. The molecule has 6 nitrogen and oxygen atoms in total. The van der Waals surface area contributed by atoms with E-state index in [1.807, 2.05) is 23.1 Å². The molecule has 0 aromatic heterocycles. The fraction of sp³-hybridized carbons (Fsp3) is 0.391. The summed E-state index contributed by atoms with van der Waals surface area (Å²) in [5.74, 6) is -1.02. The van der Waals surface area contributed by atoms with E-state index < -0.39 is 5.97 Å². The normalized spacial score (nSPS) is 24.3. The SMILES string of the molecule is NC[C@]1(c2cccc(Cl)c2)CC[C@H](N2CCN(c3ccccc3C(=O)O)C2=O)CC1. The second-order valence-corrected chi connectivity index (χ2v) is 8.61. The van der Waals surface area contributed by atoms with Crippen molar-refractivity contribution in [2.24, 2.45) is 5.73 Å². The van der Waals surface area contributed by atoms with Gasteiger partial charge in [-0.1, -0.05) is 35.9 Å². The fourth-order valence-electron chi connectivity index (χ4n) is 4.90. The molecule has 1 saturated heterocycles. The van der Waals surface area contributed by atoms with Crippen molar-refractivity contribution in [2.75, 3.05) is 24.5 Å². The van der Waals surface area contributed by atoms with E-state index in [0.717, 1.165) is 25.7 Å². The molecule has 7 heteroatoms. The minimum atomic E-state index is -1.02. The summed E-state index contributed by atoms with van der Waals surface area (Å²) < 4.78 is 0. The van der Waals surface area contributed by atoms with E-state index in [-0.39, 0.29) is 23.1 Å². The van der Waals surface area contributed by atoms with E-state index in [4.69, 9.17) is 17.3 Å². The molecule has 0 bridgehead atoms. The van der Waals surface area contributed by atoms with E-state index in [0.29, 0.717) is 30.3 Å². The van der Waals surface area contributed by atoms with Gasteiger partial charge in [-0.3, -0.25) is 4.90 Å². The largest absolute Gasteiger partial charge is 0.478 e. The molecule has 158 valence electrons. The molecular weight excluding hydrogens is 402 g/mol. The Morgan fingerprint density at radius 2 is 1.87 bits per heavy atom. The Morgan fingerprint density at radius 3 is 2.53 bits per heavy atom. The number of hydrogen-bond acceptors (Lipinski definition) is 3. The maximum absolute atomic E-state index is 13.1. The number of anilines is 1. The average molecular weight is 428 g/mol. The summed E-state index contributed by atoms with van der Waals surface area (Å²) in [5.41, 5.74) is 7.87. The fourth-order valence-corrected chi connectivity index (χ4v) is 5.09. The van der Waals surface area contributed by atoms with Crippen LogP contribution in [0.25, 0.3) is 0 Å². The number of nitrogens with zero attached hydrogens (tertiary/aromatic N) is 2. The van der Waals surface area contributed by atoms with Crippen molar-refractivity contribution >= 4 is 29.3 Å². The van der Waals surface area contributed by atoms with Crippen molar-refractivity contribution in [2.45, 2.75) is 37.1 Å². The zero-order valence-electron chi connectivity index (χ0n) is 16.8. The summed E-state index contributed by atoms with van der Waals surface area (Å²) in [6, 6.07) is 14.6. The van der Waals surface area contributed by atoms with Crippen molar-refractivity contribution in [1.29, 1.82) is 0 Å². The maximum Gasteiger partial charge on any atom is 0.337 e. The number of urea groups is 1. The van der Waals surface area contributed by atoms with Crippen LogP contribution in [0, 0.1) is 0 Å². The molecule has 1 aliphatic carbocycles. The van der Waals surface area contributed by atoms with Crippen molar-refractivity contribution in [3.63, 3.8) is 0 Å². The standard InChI is InChI=1S/C23H26ClN3O3/c24-17-5-3-4-16(14-17)23(15-25)10-8-18(9-11-23)26-12-13-27(22(26)30)20-7-2-1-6-19(20)21(28)29/h1-7,14,18H,8-13,15,25H2,(H,28,29)/t18-,23-. The maximum atomic E-state index is 13.1. The molecule has 1 heterocycles. The lowest BCUT2D eigenvalue weighted by Crippen LogP contribution is -2.47. The van der Waals surface area contributed by atoms with E-state index in [1.165, 1.54) is 11.6 Å². The Labute approximate surface area is 181 Å². The van der Waals surface area contributed by atoms with Crippen LogP contribution in [-0.2, 0) is 5.41 Å². The summed E-state index contributed by atoms with van der Waals surface area (Å²) in [4.78, 5) is 28.2. The number of hydrogen-bond donors (Lipinski definition) is 2. The van der Waals surface area contributed by atoms with Crippen LogP contribution in [-0.4, -0.2) is 47.7 Å². The van der Waals surface area contributed by atoms with E-state index in [1.54, 1.807) is 23.1 Å². The quantitative estimate of drug-likeness (QED) is 0.751. The number of rotatable bonds is 5. The summed E-state index contributed by atoms with van der Waals surface area (Å²) in [6.07, 6.45) is 3.52. The first-order valence-corrected chi connectivity index (χ1v) is 10.7. The molecule has 2 aliphatic rings. The molecule has 30 heavy (non-hydrogen) atoms. The van der Waals surface area contributed by atoms with Gasteiger partial charge in [0.2, 0.25) is 0 Å². The number of benzene rings is 2. The van der Waals surface area contributed by atoms with Crippen LogP contribution in [0.5, 0.6) is 0 Å². The smallest absolute Gasteiger partial charge is 0.337 e. The van der Waals surface area contributed by atoms with Gasteiger partial charge in [0.15, 0.2) is 0 Å². The van der Waals surface area contributed by atoms with Gasteiger partial charge in [-0.2, -0.15) is 0 Å². The molecule has 4 rings (SSSR count). The molecule has 0 spiro atoms. The highest BCUT2D eigenvalue weighted by Gasteiger charge is 2.42. The summed E-state index contributed by atoms with van der Waals surface area (Å²) in [6.45, 7) is 1.65. The molecule has 1 saturated carbocycles. The first-order chi connectivity index (χ1) is 14.4. The molecule has 0 unspecified atom stereocenters. The average Bonchev–Trinajstić information content (AvgIpc) is 3.15. The van der Waals surface area contributed by atoms with Gasteiger partial charge in [0.05, 0.1) is 11.3 Å². The minimum absolute atomic E-state index is 0.111. The third-order valence-electron chi connectivity index (χ3n) is 6.65. The zero-order chi connectivity index (χ0) is 21.3. The van der Waals surface area contributed by atoms with Gasteiger partial charge >= 0.3 is 12.0 Å². The third-order valence-corrected chi connectivity index (χ3v) is 6.88. The number of aromatic carboxylic acids is 1. The lowest BCUT2D eigenvalue weighted by Gasteiger charge is -2.42. The number of carboxylic acid groups (broad SMARTS) is 1. The minimum Gasteiger partial charge on any atom is -0.478 e. The molecule has 3 N–H and O–H groups in total. The van der Waals surface area contributed by atoms with Gasteiger partial charge in [0.25, 0.3) is 0 Å². The first-order valence-electron chi connectivity index (χ1n) is 10.3. The Kier molecular flexibility index (Phi) is 5.71. The van der Waals surface area contributed by atoms with Crippen molar-refractivity contribution in [1.82, 2.24) is 4.90 Å². The molecule has 1 aliphatic heterocycles. The lowest BCUT2D eigenvalue weighted by molar-refractivity contribution is 0.0697. The Bertz CT molecular complexity index is 956. The molecule has 0 atom stereocenters. The van der Waals surface area contributed by atoms with E-state index in [2.05, 4.69) is 6.07 Å². The van der Waals surface area contributed by atoms with Crippen LogP contribution in [0.4, 0.5) is 10.5 Å². The van der Waals surface area contributed by atoms with Crippen molar-refractivity contribution < 1.29 is 14.7 Å². The lowest BCUT2D eigenvalue weighted by atomic mass is 9.68. The van der Waals surface area contributed by atoms with Gasteiger partial charge in [-0.15, -0.1) is 0 Å². The second-order valence-electron chi connectivity index (χ2n) is 8.18. The van der Waals surface area contributed by atoms with Crippen LogP contribution < -0.4 is 10.6 Å². The predicted octanol–water partition coefficient (Wildman–Crippen LogP) is 4.12. The Balaban J connectivity index is 1.48. The van der Waals surface area contributed by atoms with Gasteiger partial charge in [-0.25, -0.2) is 9.59 Å². The number of para-hydroxylation sites is 1. The highest BCUT2D eigenvalue weighted by molar-refractivity contribution is 6.30. The monoisotopic (exact) mass is 427 g/mol. The van der Waals surface area contributed by atoms with Gasteiger partial charge in [-0.05, 0) is 55.5 Å². The predicted molar refractivity (Wildman–Crippen MR) is 117 cm³/mol. The molecule has 2 amide bonds. The Hall–Kier alpha value is -2.57. The van der Waals surface area contributed by atoms with Gasteiger partial charge < -0.3 is 15.7 Å². The molecule has 2 aromatic carbocycles. The number of amides is 2. The van der Waals surface area contributed by atoms with Crippen LogP contribution >= 0.6 is 11.6 Å². The van der Waals surface area contributed by atoms with E-state index in [9.17, 15) is 14.7 Å². The highest BCUT2D eigenvalue weighted by Crippen LogP contribution is 2.41. The Morgan fingerprint density at radius 1 is 1.13 bits per heavy atom. The molecule has 0 radical (unpaired) electrons. The van der Waals surface area contributed by atoms with Crippen LogP contribution in [0.3, 0.4) is 0 Å². The number of carboxylic acids is 1. The molecule has 2 aromatic rings. The topological polar surface area (TPSA) is 86.9 Å². The first kappa shape index (κ1) is 20.7. The molecule has 2 fully saturated rings. The van der Waals surface area contributed by atoms with E-state index >= 15 is 0 Å². The zero-order valence-corrected chi connectivity index (χ0v) is 17.5. The van der Waals surface area contributed by atoms with Crippen LogP contribution in [0.2, 0.25) is 5.02 Å². The van der Waals surface area contributed by atoms with Crippen molar-refractivity contribution in [3.05, 3.63) is 64.7 Å².